The maximum absolute atomic E-state index is 12.2. The Hall–Kier alpha value is -1.85. The third kappa shape index (κ3) is 3.43. The molecule has 6 heteroatoms. The van der Waals surface area contributed by atoms with Crippen LogP contribution in [0.1, 0.15) is 51.8 Å². The van der Waals surface area contributed by atoms with Crippen molar-refractivity contribution in [2.45, 2.75) is 58.7 Å². The van der Waals surface area contributed by atoms with E-state index in [4.69, 9.17) is 0 Å². The molecule has 1 unspecified atom stereocenters. The minimum atomic E-state index is -0.396. The smallest absolute Gasteiger partial charge is 0.245 e. The first-order valence-electron chi connectivity index (χ1n) is 7.71. The largest absolute Gasteiger partial charge is 0.343 e. The molecule has 0 saturated carbocycles. The Bertz CT molecular complexity index is 508. The fraction of sp³-hybridized carbons (Fsp3) is 0.667. The van der Waals surface area contributed by atoms with Crippen LogP contribution in [-0.2, 0) is 16.1 Å². The highest BCUT2D eigenvalue weighted by Gasteiger charge is 2.31. The molecule has 0 spiro atoms. The Kier molecular flexibility index (Phi) is 4.98. The van der Waals surface area contributed by atoms with E-state index >= 15 is 0 Å². The van der Waals surface area contributed by atoms with Gasteiger partial charge in [-0.2, -0.15) is 5.10 Å². The fourth-order valence-corrected chi connectivity index (χ4v) is 2.71. The zero-order valence-corrected chi connectivity index (χ0v) is 13.0. The molecule has 2 heterocycles. The van der Waals surface area contributed by atoms with Crippen LogP contribution in [0.5, 0.6) is 0 Å². The molecule has 1 aliphatic rings. The number of carbonyl (C=O) groups excluding carboxylic acids is 2. The van der Waals surface area contributed by atoms with Crippen molar-refractivity contribution in [2.24, 2.45) is 0 Å². The molecule has 0 aliphatic carbocycles. The molecular formula is C15H24N4O2. The van der Waals surface area contributed by atoms with Gasteiger partial charge in [0, 0.05) is 6.20 Å². The third-order valence-electron chi connectivity index (χ3n) is 4.02. The second kappa shape index (κ2) is 6.74. The third-order valence-corrected chi connectivity index (χ3v) is 4.02. The Balaban J connectivity index is 2.07. The summed E-state index contributed by atoms with van der Waals surface area (Å²) in [4.78, 5) is 25.5. The Morgan fingerprint density at radius 3 is 2.67 bits per heavy atom. The van der Waals surface area contributed by atoms with Crippen LogP contribution < -0.4 is 5.32 Å². The fourth-order valence-electron chi connectivity index (χ4n) is 2.71. The van der Waals surface area contributed by atoms with Gasteiger partial charge in [-0.05, 0) is 25.3 Å². The van der Waals surface area contributed by atoms with E-state index in [0.29, 0.717) is 19.0 Å². The lowest BCUT2D eigenvalue weighted by Crippen LogP contribution is -2.57. The van der Waals surface area contributed by atoms with Crippen molar-refractivity contribution >= 4 is 11.8 Å². The SMILES string of the molecule is CCC1NC(=O)CN(Cc2ccn(C(CC)CC)n2)C1=O. The van der Waals surface area contributed by atoms with Gasteiger partial charge in [0.1, 0.15) is 12.6 Å². The molecular weight excluding hydrogens is 268 g/mol. The lowest BCUT2D eigenvalue weighted by Gasteiger charge is -2.31. The maximum Gasteiger partial charge on any atom is 0.245 e. The van der Waals surface area contributed by atoms with Crippen LogP contribution in [0, 0.1) is 0 Å². The number of aromatic nitrogens is 2. The van der Waals surface area contributed by atoms with Gasteiger partial charge in [0.2, 0.25) is 11.8 Å². The highest BCUT2D eigenvalue weighted by atomic mass is 16.2. The van der Waals surface area contributed by atoms with Crippen molar-refractivity contribution < 1.29 is 9.59 Å². The summed E-state index contributed by atoms with van der Waals surface area (Å²) in [6.07, 6.45) is 4.63. The average Bonchev–Trinajstić information content (AvgIpc) is 2.92. The molecule has 0 aromatic carbocycles. The van der Waals surface area contributed by atoms with Crippen LogP contribution >= 0.6 is 0 Å². The second-order valence-corrected chi connectivity index (χ2v) is 5.48. The van der Waals surface area contributed by atoms with Gasteiger partial charge < -0.3 is 10.2 Å². The van der Waals surface area contributed by atoms with Crippen molar-refractivity contribution in [2.75, 3.05) is 6.54 Å². The molecule has 0 bridgehead atoms. The van der Waals surface area contributed by atoms with Crippen LogP contribution in [0.15, 0.2) is 12.3 Å². The number of rotatable bonds is 6. The van der Waals surface area contributed by atoms with Crippen LogP contribution in [-0.4, -0.2) is 39.1 Å². The first-order valence-corrected chi connectivity index (χ1v) is 7.71. The van der Waals surface area contributed by atoms with Crippen LogP contribution in [0.25, 0.3) is 0 Å². The molecule has 1 saturated heterocycles. The summed E-state index contributed by atoms with van der Waals surface area (Å²) in [6.45, 7) is 6.69. The van der Waals surface area contributed by atoms with E-state index in [1.165, 1.54) is 0 Å². The Labute approximate surface area is 125 Å². The van der Waals surface area contributed by atoms with Crippen LogP contribution in [0.4, 0.5) is 0 Å². The van der Waals surface area contributed by atoms with E-state index < -0.39 is 6.04 Å². The average molecular weight is 292 g/mol. The van der Waals surface area contributed by atoms with E-state index in [-0.39, 0.29) is 18.4 Å². The lowest BCUT2D eigenvalue weighted by molar-refractivity contribution is -0.145. The van der Waals surface area contributed by atoms with Crippen molar-refractivity contribution in [1.82, 2.24) is 20.0 Å². The predicted molar refractivity (Wildman–Crippen MR) is 79.5 cm³/mol. The summed E-state index contributed by atoms with van der Waals surface area (Å²) in [5, 5.41) is 7.27. The number of amides is 2. The van der Waals surface area contributed by atoms with Crippen molar-refractivity contribution in [1.29, 1.82) is 0 Å². The molecule has 1 fully saturated rings. The standard InChI is InChI=1S/C15H24N4O2/c1-4-12(5-2)19-8-7-11(17-19)9-18-10-14(20)16-13(6-3)15(18)21/h7-8,12-13H,4-6,9-10H2,1-3H3,(H,16,20). The molecule has 6 nitrogen and oxygen atoms in total. The number of nitrogens with one attached hydrogen (secondary N) is 1. The van der Waals surface area contributed by atoms with Gasteiger partial charge >= 0.3 is 0 Å². The quantitative estimate of drug-likeness (QED) is 0.863. The molecule has 1 aliphatic heterocycles. The summed E-state index contributed by atoms with van der Waals surface area (Å²) in [5.74, 6) is -0.116. The summed E-state index contributed by atoms with van der Waals surface area (Å²) in [6, 6.07) is 1.92. The van der Waals surface area contributed by atoms with Gasteiger partial charge in [-0.3, -0.25) is 14.3 Å². The number of carbonyl (C=O) groups is 2. The van der Waals surface area contributed by atoms with Crippen molar-refractivity contribution in [3.63, 3.8) is 0 Å². The molecule has 21 heavy (non-hydrogen) atoms. The highest BCUT2D eigenvalue weighted by Crippen LogP contribution is 2.16. The van der Waals surface area contributed by atoms with Crippen molar-refractivity contribution in [3.05, 3.63) is 18.0 Å². The normalized spacial score (nSPS) is 19.2. The molecule has 1 atom stereocenters. The summed E-state index contributed by atoms with van der Waals surface area (Å²) >= 11 is 0. The Morgan fingerprint density at radius 2 is 2.05 bits per heavy atom. The molecule has 0 radical (unpaired) electrons. The van der Waals surface area contributed by atoms with Crippen LogP contribution in [0.2, 0.25) is 0 Å². The van der Waals surface area contributed by atoms with Crippen LogP contribution in [0.3, 0.4) is 0 Å². The van der Waals surface area contributed by atoms with E-state index in [0.717, 1.165) is 18.5 Å². The Morgan fingerprint density at radius 1 is 1.33 bits per heavy atom. The minimum absolute atomic E-state index is 0.0193. The van der Waals surface area contributed by atoms with E-state index in [2.05, 4.69) is 24.3 Å². The molecule has 116 valence electrons. The molecule has 1 aromatic rings. The summed E-state index contributed by atoms with van der Waals surface area (Å²) < 4.78 is 1.96. The van der Waals surface area contributed by atoms with E-state index in [9.17, 15) is 9.59 Å². The molecule has 1 N–H and O–H groups in total. The highest BCUT2D eigenvalue weighted by molar-refractivity contribution is 5.94. The van der Waals surface area contributed by atoms with E-state index in [1.54, 1.807) is 4.90 Å². The first kappa shape index (κ1) is 15.5. The van der Waals surface area contributed by atoms with Gasteiger partial charge in [-0.1, -0.05) is 20.8 Å². The minimum Gasteiger partial charge on any atom is -0.343 e. The monoisotopic (exact) mass is 292 g/mol. The van der Waals surface area contributed by atoms with Gasteiger partial charge in [0.05, 0.1) is 18.3 Å². The van der Waals surface area contributed by atoms with E-state index in [1.807, 2.05) is 23.9 Å². The zero-order chi connectivity index (χ0) is 15.4. The van der Waals surface area contributed by atoms with Gasteiger partial charge in [0.15, 0.2) is 0 Å². The molecule has 1 aromatic heterocycles. The number of hydrogen-bond donors (Lipinski definition) is 1. The summed E-state index contributed by atoms with van der Waals surface area (Å²) in [7, 11) is 0. The predicted octanol–water partition coefficient (Wildman–Crippen LogP) is 1.48. The van der Waals surface area contributed by atoms with Crippen molar-refractivity contribution in [3.8, 4) is 0 Å². The summed E-state index contributed by atoms with van der Waals surface area (Å²) in [5.41, 5.74) is 0.833. The topological polar surface area (TPSA) is 67.2 Å². The maximum atomic E-state index is 12.2. The number of hydrogen-bond acceptors (Lipinski definition) is 3. The zero-order valence-electron chi connectivity index (χ0n) is 13.0. The second-order valence-electron chi connectivity index (χ2n) is 5.48. The molecule has 2 amide bonds. The lowest BCUT2D eigenvalue weighted by atomic mass is 10.1. The van der Waals surface area contributed by atoms with Gasteiger partial charge in [-0.15, -0.1) is 0 Å². The number of piperazine rings is 1. The molecule has 2 rings (SSSR count). The van der Waals surface area contributed by atoms with Gasteiger partial charge in [-0.25, -0.2) is 0 Å². The first-order chi connectivity index (χ1) is 10.1. The number of nitrogens with zero attached hydrogens (tertiary/aromatic N) is 3. The van der Waals surface area contributed by atoms with Gasteiger partial charge in [0.25, 0.3) is 0 Å².